The number of rotatable bonds is 0. The minimum absolute atomic E-state index is 0.00616. The first kappa shape index (κ1) is 12.2. The van der Waals surface area contributed by atoms with Gasteiger partial charge < -0.3 is 9.84 Å². The summed E-state index contributed by atoms with van der Waals surface area (Å²) in [5, 5.41) is 10.5. The summed E-state index contributed by atoms with van der Waals surface area (Å²) in [5.74, 6) is 0.465. The molecular weight excluding hydrogens is 228 g/mol. The zero-order valence-electron chi connectivity index (χ0n) is 11.3. The van der Waals surface area contributed by atoms with Gasteiger partial charge in [-0.2, -0.15) is 0 Å². The van der Waals surface area contributed by atoms with E-state index in [4.69, 9.17) is 4.74 Å². The zero-order valence-corrected chi connectivity index (χ0v) is 11.3. The van der Waals surface area contributed by atoms with Crippen molar-refractivity contribution in [2.24, 2.45) is 29.1 Å². The maximum atomic E-state index is 12.0. The monoisotopic (exact) mass is 250 g/mol. The molecular formula is C15H22O3. The van der Waals surface area contributed by atoms with Crippen molar-refractivity contribution in [1.29, 1.82) is 0 Å². The molecule has 1 heterocycles. The second-order valence-corrected chi connectivity index (χ2v) is 6.91. The number of aliphatic hydroxyl groups excluding tert-OH is 1. The Hall–Kier alpha value is -0.830. The van der Waals surface area contributed by atoms with Crippen molar-refractivity contribution in [1.82, 2.24) is 0 Å². The lowest BCUT2D eigenvalue weighted by molar-refractivity contribution is -0.147. The van der Waals surface area contributed by atoms with E-state index in [1.165, 1.54) is 0 Å². The van der Waals surface area contributed by atoms with Crippen LogP contribution in [-0.2, 0) is 9.53 Å². The van der Waals surface area contributed by atoms with E-state index in [-0.39, 0.29) is 47.3 Å². The van der Waals surface area contributed by atoms with Crippen LogP contribution in [0.5, 0.6) is 0 Å². The van der Waals surface area contributed by atoms with Gasteiger partial charge in [0.05, 0.1) is 12.0 Å². The summed E-state index contributed by atoms with van der Waals surface area (Å²) in [6.07, 6.45) is 5.45. The average molecular weight is 250 g/mol. The van der Waals surface area contributed by atoms with E-state index in [2.05, 4.69) is 20.8 Å². The minimum Gasteiger partial charge on any atom is -0.461 e. The fraction of sp³-hybridized carbons (Fsp3) is 0.800. The first-order valence-electron chi connectivity index (χ1n) is 6.97. The number of hydrogen-bond acceptors (Lipinski definition) is 3. The number of esters is 1. The normalized spacial score (nSPS) is 51.2. The summed E-state index contributed by atoms with van der Waals surface area (Å²) >= 11 is 0. The van der Waals surface area contributed by atoms with Crippen LogP contribution in [-0.4, -0.2) is 23.3 Å². The van der Waals surface area contributed by atoms with Crippen LogP contribution in [0.4, 0.5) is 0 Å². The van der Waals surface area contributed by atoms with Crippen LogP contribution >= 0.6 is 0 Å². The van der Waals surface area contributed by atoms with Crippen LogP contribution in [0.25, 0.3) is 0 Å². The molecule has 3 nitrogen and oxygen atoms in total. The van der Waals surface area contributed by atoms with Crippen molar-refractivity contribution >= 4 is 5.97 Å². The lowest BCUT2D eigenvalue weighted by atomic mass is 9.75. The summed E-state index contributed by atoms with van der Waals surface area (Å²) in [6.45, 7) is 6.37. The zero-order chi connectivity index (χ0) is 13.1. The van der Waals surface area contributed by atoms with Crippen LogP contribution in [0.1, 0.15) is 33.6 Å². The highest BCUT2D eigenvalue weighted by Crippen LogP contribution is 2.56. The third-order valence-electron chi connectivity index (χ3n) is 5.19. The maximum Gasteiger partial charge on any atom is 0.309 e. The lowest BCUT2D eigenvalue weighted by Crippen LogP contribution is -2.35. The summed E-state index contributed by atoms with van der Waals surface area (Å²) in [7, 11) is 0. The molecule has 1 N–H and O–H groups in total. The molecule has 2 fully saturated rings. The van der Waals surface area contributed by atoms with Crippen molar-refractivity contribution in [3.63, 3.8) is 0 Å². The third-order valence-corrected chi connectivity index (χ3v) is 5.19. The molecule has 100 valence electrons. The fourth-order valence-electron chi connectivity index (χ4n) is 4.27. The standard InChI is InChI=1S/C15H22O3/c1-8-5-4-6-9-11-10(12(8)16)7-15(2,3)13(11)18-14(9)17/h4-5,8-13,16H,6-7H2,1-3H3/b5-4-/t8-,9+,10+,11+,12+,13+/m0/s1. The van der Waals surface area contributed by atoms with Crippen molar-refractivity contribution in [2.45, 2.75) is 45.8 Å². The molecule has 3 aliphatic rings. The van der Waals surface area contributed by atoms with Gasteiger partial charge in [-0.15, -0.1) is 0 Å². The predicted molar refractivity (Wildman–Crippen MR) is 67.7 cm³/mol. The van der Waals surface area contributed by atoms with Crippen LogP contribution in [0.2, 0.25) is 0 Å². The van der Waals surface area contributed by atoms with E-state index in [9.17, 15) is 9.90 Å². The van der Waals surface area contributed by atoms with Gasteiger partial charge in [0.25, 0.3) is 0 Å². The largest absolute Gasteiger partial charge is 0.461 e. The Bertz CT molecular complexity index is 399. The van der Waals surface area contributed by atoms with E-state index in [0.717, 1.165) is 12.8 Å². The molecule has 0 bridgehead atoms. The van der Waals surface area contributed by atoms with E-state index in [1.54, 1.807) is 0 Å². The van der Waals surface area contributed by atoms with Gasteiger partial charge in [-0.1, -0.05) is 32.9 Å². The Labute approximate surface area is 108 Å². The van der Waals surface area contributed by atoms with Crippen LogP contribution in [0.3, 0.4) is 0 Å². The molecule has 0 spiro atoms. The minimum atomic E-state index is -0.354. The Morgan fingerprint density at radius 3 is 2.89 bits per heavy atom. The first-order chi connectivity index (χ1) is 8.42. The summed E-state index contributed by atoms with van der Waals surface area (Å²) in [4.78, 5) is 12.0. The average Bonchev–Trinajstić information content (AvgIpc) is 2.73. The van der Waals surface area contributed by atoms with Gasteiger partial charge in [-0.3, -0.25) is 4.79 Å². The number of aliphatic hydroxyl groups is 1. The van der Waals surface area contributed by atoms with Gasteiger partial charge in [0.1, 0.15) is 6.10 Å². The second kappa shape index (κ2) is 3.83. The smallest absolute Gasteiger partial charge is 0.309 e. The molecule has 2 aliphatic carbocycles. The van der Waals surface area contributed by atoms with Gasteiger partial charge in [0.2, 0.25) is 0 Å². The highest BCUT2D eigenvalue weighted by molar-refractivity contribution is 5.76. The molecule has 6 atom stereocenters. The predicted octanol–water partition coefficient (Wildman–Crippen LogP) is 2.15. The van der Waals surface area contributed by atoms with Gasteiger partial charge >= 0.3 is 5.97 Å². The summed E-state index contributed by atoms with van der Waals surface area (Å²) in [6, 6.07) is 0. The van der Waals surface area contributed by atoms with Gasteiger partial charge in [-0.25, -0.2) is 0 Å². The van der Waals surface area contributed by atoms with Gasteiger partial charge in [-0.05, 0) is 18.8 Å². The molecule has 0 aromatic rings. The Morgan fingerprint density at radius 2 is 2.17 bits per heavy atom. The number of hydrogen-bond donors (Lipinski definition) is 1. The molecule has 0 unspecified atom stereocenters. The molecule has 0 amide bonds. The first-order valence-corrected chi connectivity index (χ1v) is 6.97. The van der Waals surface area contributed by atoms with Crippen molar-refractivity contribution < 1.29 is 14.6 Å². The Kier molecular flexibility index (Phi) is 2.60. The second-order valence-electron chi connectivity index (χ2n) is 6.91. The van der Waals surface area contributed by atoms with E-state index in [1.807, 2.05) is 12.2 Å². The number of carbonyl (C=O) groups excluding carboxylic acids is 1. The quantitative estimate of drug-likeness (QED) is 0.529. The molecule has 18 heavy (non-hydrogen) atoms. The third kappa shape index (κ3) is 1.56. The SMILES string of the molecule is C[C@H]1/C=C\C[C@H]2C(=O)O[C@@H]3[C@H]2[C@@H](CC3(C)C)[C@@H]1O. The molecule has 0 aromatic heterocycles. The van der Waals surface area contributed by atoms with Crippen LogP contribution < -0.4 is 0 Å². The summed E-state index contributed by atoms with van der Waals surface area (Å²) in [5.41, 5.74) is -0.00914. The van der Waals surface area contributed by atoms with Crippen LogP contribution in [0.15, 0.2) is 12.2 Å². The highest BCUT2D eigenvalue weighted by atomic mass is 16.6. The van der Waals surface area contributed by atoms with Gasteiger partial charge in [0.15, 0.2) is 0 Å². The molecule has 0 radical (unpaired) electrons. The van der Waals surface area contributed by atoms with Crippen molar-refractivity contribution in [3.8, 4) is 0 Å². The van der Waals surface area contributed by atoms with Gasteiger partial charge in [0, 0.05) is 17.3 Å². The number of allylic oxidation sites excluding steroid dienone is 1. The fourth-order valence-corrected chi connectivity index (χ4v) is 4.27. The number of carbonyl (C=O) groups is 1. The molecule has 0 aromatic carbocycles. The lowest BCUT2D eigenvalue weighted by Gasteiger charge is -2.30. The molecule has 3 rings (SSSR count). The van der Waals surface area contributed by atoms with E-state index >= 15 is 0 Å². The highest BCUT2D eigenvalue weighted by Gasteiger charge is 2.61. The number of ether oxygens (including phenoxy) is 1. The molecule has 1 saturated carbocycles. The Balaban J connectivity index is 2.02. The van der Waals surface area contributed by atoms with E-state index in [0.29, 0.717) is 0 Å². The molecule has 1 aliphatic heterocycles. The van der Waals surface area contributed by atoms with Crippen molar-refractivity contribution in [2.75, 3.05) is 0 Å². The van der Waals surface area contributed by atoms with E-state index < -0.39 is 0 Å². The van der Waals surface area contributed by atoms with Crippen LogP contribution in [0, 0.1) is 29.1 Å². The molecule has 3 heteroatoms. The summed E-state index contributed by atoms with van der Waals surface area (Å²) < 4.78 is 5.63. The Morgan fingerprint density at radius 1 is 1.44 bits per heavy atom. The topological polar surface area (TPSA) is 46.5 Å². The van der Waals surface area contributed by atoms with Crippen molar-refractivity contribution in [3.05, 3.63) is 12.2 Å². The maximum absolute atomic E-state index is 12.0. The molecule has 1 saturated heterocycles.